The van der Waals surface area contributed by atoms with Crippen LogP contribution in [0.1, 0.15) is 11.1 Å². The fraction of sp³-hybridized carbons (Fsp3) is 0.154. The molecular formula is C13H16N4O2S. The Morgan fingerprint density at radius 3 is 2.70 bits per heavy atom. The number of hydrogen-bond donors (Lipinski definition) is 3. The largest absolute Gasteiger partial charge is 0.399 e. The van der Waals surface area contributed by atoms with Gasteiger partial charge in [0.15, 0.2) is 0 Å². The Balaban J connectivity index is 2.29. The van der Waals surface area contributed by atoms with Crippen LogP contribution in [0.2, 0.25) is 0 Å². The minimum Gasteiger partial charge on any atom is -0.399 e. The van der Waals surface area contributed by atoms with Crippen LogP contribution in [0.4, 0.5) is 11.4 Å². The van der Waals surface area contributed by atoms with Gasteiger partial charge in [0.05, 0.1) is 5.69 Å². The van der Waals surface area contributed by atoms with E-state index in [1.54, 1.807) is 24.5 Å². The number of aryl methyl sites for hydroxylation is 1. The number of rotatable bonds is 4. The van der Waals surface area contributed by atoms with Crippen LogP contribution < -0.4 is 16.2 Å². The smallest absolute Gasteiger partial charge is 0.240 e. The SMILES string of the molecule is Cc1ccncc1CNc1ccc(N)cc1S(N)(=O)=O. The van der Waals surface area contributed by atoms with Gasteiger partial charge in [0.25, 0.3) is 0 Å². The number of sulfonamides is 1. The van der Waals surface area contributed by atoms with Gasteiger partial charge in [-0.25, -0.2) is 13.6 Å². The monoisotopic (exact) mass is 292 g/mol. The molecule has 0 saturated heterocycles. The van der Waals surface area contributed by atoms with Crippen molar-refractivity contribution >= 4 is 21.4 Å². The van der Waals surface area contributed by atoms with Gasteiger partial charge in [0, 0.05) is 24.6 Å². The minimum atomic E-state index is -3.83. The van der Waals surface area contributed by atoms with E-state index in [0.717, 1.165) is 11.1 Å². The van der Waals surface area contributed by atoms with Gasteiger partial charge < -0.3 is 11.1 Å². The maximum atomic E-state index is 11.6. The molecule has 2 rings (SSSR count). The molecule has 1 aromatic carbocycles. The number of nitrogens with one attached hydrogen (secondary N) is 1. The number of nitrogen functional groups attached to an aromatic ring is 1. The summed E-state index contributed by atoms with van der Waals surface area (Å²) in [6, 6.07) is 6.45. The van der Waals surface area contributed by atoms with Gasteiger partial charge in [-0.15, -0.1) is 0 Å². The van der Waals surface area contributed by atoms with Crippen LogP contribution in [0, 0.1) is 6.92 Å². The number of benzene rings is 1. The summed E-state index contributed by atoms with van der Waals surface area (Å²) in [6.07, 6.45) is 3.44. The van der Waals surface area contributed by atoms with Crippen LogP contribution in [-0.2, 0) is 16.6 Å². The molecule has 0 saturated carbocycles. The van der Waals surface area contributed by atoms with E-state index in [1.165, 1.54) is 6.07 Å². The molecule has 5 N–H and O–H groups in total. The summed E-state index contributed by atoms with van der Waals surface area (Å²) in [4.78, 5) is 4.03. The van der Waals surface area contributed by atoms with Crippen LogP contribution >= 0.6 is 0 Å². The van der Waals surface area contributed by atoms with E-state index in [-0.39, 0.29) is 4.90 Å². The quantitative estimate of drug-likeness (QED) is 0.734. The maximum absolute atomic E-state index is 11.6. The third kappa shape index (κ3) is 3.25. The summed E-state index contributed by atoms with van der Waals surface area (Å²) in [5, 5.41) is 8.24. The van der Waals surface area contributed by atoms with Gasteiger partial charge >= 0.3 is 0 Å². The van der Waals surface area contributed by atoms with Gasteiger partial charge in [-0.1, -0.05) is 0 Å². The lowest BCUT2D eigenvalue weighted by atomic mass is 10.1. The Morgan fingerprint density at radius 1 is 1.30 bits per heavy atom. The molecule has 0 spiro atoms. The van der Waals surface area contributed by atoms with Crippen molar-refractivity contribution in [3.8, 4) is 0 Å². The molecule has 1 aromatic heterocycles. The topological polar surface area (TPSA) is 111 Å². The van der Waals surface area contributed by atoms with E-state index in [9.17, 15) is 8.42 Å². The molecule has 0 amide bonds. The fourth-order valence-electron chi connectivity index (χ4n) is 1.79. The van der Waals surface area contributed by atoms with Crippen molar-refractivity contribution < 1.29 is 8.42 Å². The van der Waals surface area contributed by atoms with E-state index in [1.807, 2.05) is 13.0 Å². The zero-order valence-corrected chi connectivity index (χ0v) is 11.8. The standard InChI is InChI=1S/C13H16N4O2S/c1-9-4-5-16-7-10(9)8-17-12-3-2-11(14)6-13(12)20(15,18)19/h2-7,17H,8,14H2,1H3,(H2,15,18,19). The maximum Gasteiger partial charge on any atom is 0.240 e. The van der Waals surface area contributed by atoms with Crippen molar-refractivity contribution in [3.63, 3.8) is 0 Å². The second kappa shape index (κ2) is 5.48. The number of primary sulfonamides is 1. The molecule has 0 aliphatic carbocycles. The zero-order chi connectivity index (χ0) is 14.8. The molecule has 2 aromatic rings. The van der Waals surface area contributed by atoms with Crippen molar-refractivity contribution in [2.24, 2.45) is 5.14 Å². The molecule has 1 heterocycles. The number of aromatic nitrogens is 1. The first-order valence-corrected chi connectivity index (χ1v) is 7.48. The van der Waals surface area contributed by atoms with E-state index in [0.29, 0.717) is 17.9 Å². The average Bonchev–Trinajstić information content (AvgIpc) is 2.38. The average molecular weight is 292 g/mol. The van der Waals surface area contributed by atoms with Gasteiger partial charge in [-0.2, -0.15) is 0 Å². The van der Waals surface area contributed by atoms with Crippen molar-refractivity contribution in [2.45, 2.75) is 18.4 Å². The van der Waals surface area contributed by atoms with Gasteiger partial charge in [-0.3, -0.25) is 4.98 Å². The fourth-order valence-corrected chi connectivity index (χ4v) is 2.54. The van der Waals surface area contributed by atoms with E-state index in [2.05, 4.69) is 10.3 Å². The van der Waals surface area contributed by atoms with Crippen molar-refractivity contribution in [2.75, 3.05) is 11.1 Å². The molecule has 20 heavy (non-hydrogen) atoms. The molecular weight excluding hydrogens is 276 g/mol. The molecule has 0 radical (unpaired) electrons. The Bertz CT molecular complexity index is 729. The first-order valence-electron chi connectivity index (χ1n) is 5.93. The lowest BCUT2D eigenvalue weighted by Crippen LogP contribution is -2.15. The number of nitrogens with zero attached hydrogens (tertiary/aromatic N) is 1. The highest BCUT2D eigenvalue weighted by Crippen LogP contribution is 2.23. The predicted molar refractivity (Wildman–Crippen MR) is 78.5 cm³/mol. The van der Waals surface area contributed by atoms with Crippen LogP contribution in [0.5, 0.6) is 0 Å². The number of pyridine rings is 1. The third-order valence-corrected chi connectivity index (χ3v) is 3.88. The molecule has 0 aliphatic rings. The van der Waals surface area contributed by atoms with Gasteiger partial charge in [-0.05, 0) is 42.3 Å². The summed E-state index contributed by atoms with van der Waals surface area (Å²) in [6.45, 7) is 2.41. The lowest BCUT2D eigenvalue weighted by molar-refractivity contribution is 0.598. The summed E-state index contributed by atoms with van der Waals surface area (Å²) in [5.41, 5.74) is 8.41. The predicted octanol–water partition coefficient (Wildman–Crippen LogP) is 1.23. The highest BCUT2D eigenvalue weighted by molar-refractivity contribution is 7.89. The molecule has 0 unspecified atom stereocenters. The number of nitrogens with two attached hydrogens (primary N) is 2. The first-order chi connectivity index (χ1) is 9.38. The van der Waals surface area contributed by atoms with E-state index >= 15 is 0 Å². The second-order valence-electron chi connectivity index (χ2n) is 4.46. The Kier molecular flexibility index (Phi) is 3.91. The summed E-state index contributed by atoms with van der Waals surface area (Å²) in [5.74, 6) is 0. The molecule has 0 aliphatic heterocycles. The molecule has 6 nitrogen and oxygen atoms in total. The Morgan fingerprint density at radius 2 is 2.05 bits per heavy atom. The molecule has 0 bridgehead atoms. The number of anilines is 2. The number of hydrogen-bond acceptors (Lipinski definition) is 5. The van der Waals surface area contributed by atoms with Crippen LogP contribution in [0.3, 0.4) is 0 Å². The van der Waals surface area contributed by atoms with Crippen LogP contribution in [-0.4, -0.2) is 13.4 Å². The van der Waals surface area contributed by atoms with Crippen LogP contribution in [0.15, 0.2) is 41.6 Å². The van der Waals surface area contributed by atoms with Crippen LogP contribution in [0.25, 0.3) is 0 Å². The van der Waals surface area contributed by atoms with Crippen molar-refractivity contribution in [3.05, 3.63) is 47.8 Å². The normalized spacial score (nSPS) is 11.3. The summed E-state index contributed by atoms with van der Waals surface area (Å²) in [7, 11) is -3.83. The second-order valence-corrected chi connectivity index (χ2v) is 5.99. The van der Waals surface area contributed by atoms with Gasteiger partial charge in [0.2, 0.25) is 10.0 Å². The summed E-state index contributed by atoms with van der Waals surface area (Å²) < 4.78 is 23.1. The molecule has 7 heteroatoms. The zero-order valence-electron chi connectivity index (χ0n) is 11.0. The summed E-state index contributed by atoms with van der Waals surface area (Å²) >= 11 is 0. The van der Waals surface area contributed by atoms with Crippen molar-refractivity contribution in [1.29, 1.82) is 0 Å². The molecule has 0 fully saturated rings. The first kappa shape index (κ1) is 14.3. The Labute approximate surface area is 117 Å². The highest BCUT2D eigenvalue weighted by Gasteiger charge is 2.14. The Hall–Kier alpha value is -2.12. The minimum absolute atomic E-state index is 0.0148. The molecule has 0 atom stereocenters. The van der Waals surface area contributed by atoms with E-state index < -0.39 is 10.0 Å². The third-order valence-electron chi connectivity index (χ3n) is 2.93. The van der Waals surface area contributed by atoms with Crippen molar-refractivity contribution in [1.82, 2.24) is 4.98 Å². The molecule has 106 valence electrons. The van der Waals surface area contributed by atoms with Gasteiger partial charge in [0.1, 0.15) is 4.90 Å². The lowest BCUT2D eigenvalue weighted by Gasteiger charge is -2.12. The highest BCUT2D eigenvalue weighted by atomic mass is 32.2. The van der Waals surface area contributed by atoms with E-state index in [4.69, 9.17) is 10.9 Å².